The van der Waals surface area contributed by atoms with E-state index in [9.17, 15) is 0 Å². The van der Waals surface area contributed by atoms with Crippen molar-refractivity contribution in [2.45, 2.75) is 0 Å². The first-order valence-electron chi connectivity index (χ1n) is 3.07. The SMILES string of the molecule is C=C/C=C/N1CCOC1=S. The molecule has 0 atom stereocenters. The quantitative estimate of drug-likeness (QED) is 0.440. The van der Waals surface area contributed by atoms with Gasteiger partial charge in [-0.3, -0.25) is 0 Å². The average Bonchev–Trinajstić information content (AvgIpc) is 2.31. The van der Waals surface area contributed by atoms with Crippen LogP contribution >= 0.6 is 12.2 Å². The fourth-order valence-electron chi connectivity index (χ4n) is 0.706. The van der Waals surface area contributed by atoms with Gasteiger partial charge in [0.2, 0.25) is 0 Å². The van der Waals surface area contributed by atoms with Crippen molar-refractivity contribution in [3.05, 3.63) is 24.9 Å². The molecule has 1 fully saturated rings. The van der Waals surface area contributed by atoms with Gasteiger partial charge in [0, 0.05) is 6.20 Å². The number of hydrogen-bond donors (Lipinski definition) is 0. The molecule has 2 nitrogen and oxygen atoms in total. The first-order chi connectivity index (χ1) is 4.84. The highest BCUT2D eigenvalue weighted by Gasteiger charge is 2.13. The second-order valence-corrected chi connectivity index (χ2v) is 2.23. The summed E-state index contributed by atoms with van der Waals surface area (Å²) in [5.41, 5.74) is 0. The van der Waals surface area contributed by atoms with Gasteiger partial charge in [-0.1, -0.05) is 12.7 Å². The average molecular weight is 155 g/mol. The Labute approximate surface area is 65.8 Å². The van der Waals surface area contributed by atoms with Crippen molar-refractivity contribution in [3.63, 3.8) is 0 Å². The topological polar surface area (TPSA) is 12.5 Å². The molecule has 0 aromatic rings. The summed E-state index contributed by atoms with van der Waals surface area (Å²) in [7, 11) is 0. The maximum atomic E-state index is 5.03. The number of rotatable bonds is 2. The van der Waals surface area contributed by atoms with E-state index < -0.39 is 0 Å². The van der Waals surface area contributed by atoms with Crippen molar-refractivity contribution in [2.24, 2.45) is 0 Å². The maximum Gasteiger partial charge on any atom is 0.263 e. The van der Waals surface area contributed by atoms with Crippen LogP contribution in [0.25, 0.3) is 0 Å². The lowest BCUT2D eigenvalue weighted by atomic mass is 10.5. The second-order valence-electron chi connectivity index (χ2n) is 1.88. The third kappa shape index (κ3) is 1.57. The molecule has 1 heterocycles. The number of nitrogens with zero attached hydrogens (tertiary/aromatic N) is 1. The molecule has 1 aliphatic heterocycles. The van der Waals surface area contributed by atoms with Crippen LogP contribution in [0.5, 0.6) is 0 Å². The van der Waals surface area contributed by atoms with Gasteiger partial charge in [-0.15, -0.1) is 0 Å². The standard InChI is InChI=1S/C7H9NOS/c1-2-3-4-8-5-6-9-7(8)10/h2-4H,1,5-6H2/b4-3+. The molecule has 0 aliphatic carbocycles. The first kappa shape index (κ1) is 7.28. The van der Waals surface area contributed by atoms with Gasteiger partial charge < -0.3 is 9.64 Å². The normalized spacial score (nSPS) is 18.0. The van der Waals surface area contributed by atoms with E-state index in [2.05, 4.69) is 6.58 Å². The fourth-order valence-corrected chi connectivity index (χ4v) is 0.941. The number of ether oxygens (including phenoxy) is 1. The summed E-state index contributed by atoms with van der Waals surface area (Å²) >= 11 is 4.87. The van der Waals surface area contributed by atoms with E-state index in [1.54, 1.807) is 6.08 Å². The van der Waals surface area contributed by atoms with E-state index in [-0.39, 0.29) is 0 Å². The second kappa shape index (κ2) is 3.37. The summed E-state index contributed by atoms with van der Waals surface area (Å²) in [5.74, 6) is 0. The molecule has 0 bridgehead atoms. The van der Waals surface area contributed by atoms with E-state index in [0.29, 0.717) is 11.8 Å². The van der Waals surface area contributed by atoms with Gasteiger partial charge in [-0.25, -0.2) is 0 Å². The van der Waals surface area contributed by atoms with Crippen molar-refractivity contribution >= 4 is 17.4 Å². The molecule has 1 rings (SSSR count). The Kier molecular flexibility index (Phi) is 2.45. The summed E-state index contributed by atoms with van der Waals surface area (Å²) in [5, 5.41) is 0.554. The molecule has 54 valence electrons. The Morgan fingerprint density at radius 1 is 1.70 bits per heavy atom. The maximum absolute atomic E-state index is 5.03. The van der Waals surface area contributed by atoms with E-state index in [1.807, 2.05) is 17.2 Å². The van der Waals surface area contributed by atoms with Crippen LogP contribution in [-0.4, -0.2) is 23.2 Å². The van der Waals surface area contributed by atoms with Gasteiger partial charge in [0.1, 0.15) is 6.61 Å². The van der Waals surface area contributed by atoms with Crippen molar-refractivity contribution in [3.8, 4) is 0 Å². The molecule has 1 saturated heterocycles. The van der Waals surface area contributed by atoms with Crippen LogP contribution in [-0.2, 0) is 4.74 Å². The molecule has 0 spiro atoms. The monoisotopic (exact) mass is 155 g/mol. The summed E-state index contributed by atoms with van der Waals surface area (Å²) < 4.78 is 5.03. The van der Waals surface area contributed by atoms with E-state index in [0.717, 1.165) is 6.54 Å². The molecule has 10 heavy (non-hydrogen) atoms. The minimum absolute atomic E-state index is 0.554. The van der Waals surface area contributed by atoms with E-state index in [4.69, 9.17) is 17.0 Å². The van der Waals surface area contributed by atoms with Crippen LogP contribution < -0.4 is 0 Å². The molecule has 0 aromatic carbocycles. The zero-order chi connectivity index (χ0) is 7.40. The van der Waals surface area contributed by atoms with E-state index in [1.165, 1.54) is 0 Å². The van der Waals surface area contributed by atoms with Crippen molar-refractivity contribution in [1.29, 1.82) is 0 Å². The lowest BCUT2D eigenvalue weighted by Crippen LogP contribution is -2.16. The largest absolute Gasteiger partial charge is 0.469 e. The highest BCUT2D eigenvalue weighted by atomic mass is 32.1. The Balaban J connectivity index is 2.47. The highest BCUT2D eigenvalue weighted by Crippen LogP contribution is 2.03. The zero-order valence-electron chi connectivity index (χ0n) is 5.62. The van der Waals surface area contributed by atoms with Crippen LogP contribution in [0.4, 0.5) is 0 Å². The van der Waals surface area contributed by atoms with Crippen LogP contribution in [0.15, 0.2) is 24.9 Å². The molecule has 0 saturated carbocycles. The van der Waals surface area contributed by atoms with Gasteiger partial charge in [-0.05, 0) is 18.3 Å². The first-order valence-corrected chi connectivity index (χ1v) is 3.48. The summed E-state index contributed by atoms with van der Waals surface area (Å²) in [6, 6.07) is 0. The molecule has 0 aromatic heterocycles. The molecular formula is C7H9NOS. The highest BCUT2D eigenvalue weighted by molar-refractivity contribution is 7.80. The minimum atomic E-state index is 0.554. The van der Waals surface area contributed by atoms with E-state index >= 15 is 0 Å². The third-order valence-electron chi connectivity index (χ3n) is 1.19. The minimum Gasteiger partial charge on any atom is -0.469 e. The van der Waals surface area contributed by atoms with Crippen molar-refractivity contribution < 1.29 is 4.74 Å². The van der Waals surface area contributed by atoms with Crippen molar-refractivity contribution in [1.82, 2.24) is 4.90 Å². The molecular weight excluding hydrogens is 146 g/mol. The van der Waals surface area contributed by atoms with Gasteiger partial charge in [0.25, 0.3) is 5.17 Å². The molecule has 3 heteroatoms. The Morgan fingerprint density at radius 2 is 2.50 bits per heavy atom. The summed E-state index contributed by atoms with van der Waals surface area (Å²) in [6.45, 7) is 5.09. The third-order valence-corrected chi connectivity index (χ3v) is 1.55. The Morgan fingerprint density at radius 3 is 3.00 bits per heavy atom. The molecule has 0 N–H and O–H groups in total. The predicted molar refractivity (Wildman–Crippen MR) is 44.6 cm³/mol. The number of allylic oxidation sites excluding steroid dienone is 2. The van der Waals surface area contributed by atoms with Gasteiger partial charge >= 0.3 is 0 Å². The fraction of sp³-hybridized carbons (Fsp3) is 0.286. The lowest BCUT2D eigenvalue weighted by Gasteiger charge is -2.06. The summed E-state index contributed by atoms with van der Waals surface area (Å²) in [6.07, 6.45) is 5.41. The van der Waals surface area contributed by atoms with Crippen molar-refractivity contribution in [2.75, 3.05) is 13.2 Å². The van der Waals surface area contributed by atoms with Crippen LogP contribution in [0.1, 0.15) is 0 Å². The molecule has 0 unspecified atom stereocenters. The lowest BCUT2D eigenvalue weighted by molar-refractivity contribution is 0.361. The Bertz CT molecular complexity index is 176. The molecule has 0 radical (unpaired) electrons. The van der Waals surface area contributed by atoms with Gasteiger partial charge in [0.05, 0.1) is 6.54 Å². The predicted octanol–water partition coefficient (Wildman–Crippen LogP) is 1.30. The van der Waals surface area contributed by atoms with Gasteiger partial charge in [0.15, 0.2) is 0 Å². The Hall–Kier alpha value is -0.830. The smallest absolute Gasteiger partial charge is 0.263 e. The van der Waals surface area contributed by atoms with Crippen LogP contribution in [0.3, 0.4) is 0 Å². The zero-order valence-corrected chi connectivity index (χ0v) is 6.43. The summed E-state index contributed by atoms with van der Waals surface area (Å²) in [4.78, 5) is 1.87. The molecule has 1 aliphatic rings. The molecule has 0 amide bonds. The van der Waals surface area contributed by atoms with Gasteiger partial charge in [-0.2, -0.15) is 0 Å². The van der Waals surface area contributed by atoms with Crippen LogP contribution in [0, 0.1) is 0 Å². The number of hydrogen-bond acceptors (Lipinski definition) is 2. The van der Waals surface area contributed by atoms with Crippen LogP contribution in [0.2, 0.25) is 0 Å². The number of thiocarbonyl (C=S) groups is 1.